The molecule has 3 heteroatoms. The lowest BCUT2D eigenvalue weighted by Gasteiger charge is -2.34. The van der Waals surface area contributed by atoms with Gasteiger partial charge in [-0.2, -0.15) is 0 Å². The van der Waals surface area contributed by atoms with E-state index in [1.807, 2.05) is 12.1 Å². The Morgan fingerprint density at radius 3 is 2.69 bits per heavy atom. The van der Waals surface area contributed by atoms with E-state index in [0.29, 0.717) is 5.92 Å². The summed E-state index contributed by atoms with van der Waals surface area (Å²) in [5, 5.41) is 0. The van der Waals surface area contributed by atoms with Gasteiger partial charge in [0, 0.05) is 12.6 Å². The van der Waals surface area contributed by atoms with Crippen molar-refractivity contribution in [2.24, 2.45) is 11.7 Å². The van der Waals surface area contributed by atoms with Crippen LogP contribution in [-0.2, 0) is 6.42 Å². The highest BCUT2D eigenvalue weighted by Crippen LogP contribution is 2.20. The molecular weight excluding hydrogens is 203 g/mol. The van der Waals surface area contributed by atoms with Crippen molar-refractivity contribution in [2.75, 3.05) is 20.1 Å². The minimum absolute atomic E-state index is 0.170. The van der Waals surface area contributed by atoms with Crippen molar-refractivity contribution in [1.29, 1.82) is 0 Å². The minimum atomic E-state index is -0.170. The van der Waals surface area contributed by atoms with Crippen LogP contribution in [0.15, 0.2) is 24.3 Å². The van der Waals surface area contributed by atoms with E-state index < -0.39 is 0 Å². The fourth-order valence-corrected chi connectivity index (χ4v) is 2.38. The largest absolute Gasteiger partial charge is 0.326 e. The molecule has 0 radical (unpaired) electrons. The van der Waals surface area contributed by atoms with Crippen molar-refractivity contribution in [3.63, 3.8) is 0 Å². The second-order valence-corrected chi connectivity index (χ2v) is 4.81. The van der Waals surface area contributed by atoms with Gasteiger partial charge >= 0.3 is 0 Å². The van der Waals surface area contributed by atoms with Crippen molar-refractivity contribution in [3.8, 4) is 0 Å². The molecule has 2 atom stereocenters. The van der Waals surface area contributed by atoms with Gasteiger partial charge in [0.2, 0.25) is 0 Å². The number of nitrogens with two attached hydrogens (primary N) is 1. The Morgan fingerprint density at radius 1 is 1.38 bits per heavy atom. The standard InChI is InChI=1S/C13H19FN2/c1-16-7-6-11(13(15)9-16)8-10-2-4-12(14)5-3-10/h2-5,11,13H,6-9,15H2,1H3. The Morgan fingerprint density at radius 2 is 2.06 bits per heavy atom. The van der Waals surface area contributed by atoms with Crippen molar-refractivity contribution in [2.45, 2.75) is 18.9 Å². The molecule has 0 aromatic heterocycles. The lowest BCUT2D eigenvalue weighted by molar-refractivity contribution is 0.190. The third-order valence-corrected chi connectivity index (χ3v) is 3.42. The molecule has 2 unspecified atom stereocenters. The monoisotopic (exact) mass is 222 g/mol. The van der Waals surface area contributed by atoms with Gasteiger partial charge in [-0.3, -0.25) is 0 Å². The maximum Gasteiger partial charge on any atom is 0.123 e. The molecule has 16 heavy (non-hydrogen) atoms. The second-order valence-electron chi connectivity index (χ2n) is 4.81. The van der Waals surface area contributed by atoms with Crippen LogP contribution in [0.5, 0.6) is 0 Å². The van der Waals surface area contributed by atoms with E-state index in [2.05, 4.69) is 11.9 Å². The molecule has 0 bridgehead atoms. The summed E-state index contributed by atoms with van der Waals surface area (Å²) in [5.74, 6) is 0.359. The van der Waals surface area contributed by atoms with E-state index >= 15 is 0 Å². The molecule has 1 heterocycles. The molecule has 0 aliphatic carbocycles. The Labute approximate surface area is 96.2 Å². The van der Waals surface area contributed by atoms with Gasteiger partial charge in [0.1, 0.15) is 5.82 Å². The van der Waals surface area contributed by atoms with Gasteiger partial charge in [-0.15, -0.1) is 0 Å². The van der Waals surface area contributed by atoms with Crippen LogP contribution in [0.2, 0.25) is 0 Å². The van der Waals surface area contributed by atoms with E-state index in [0.717, 1.165) is 25.9 Å². The molecule has 2 N–H and O–H groups in total. The molecule has 1 aromatic carbocycles. The highest BCUT2D eigenvalue weighted by Gasteiger charge is 2.24. The van der Waals surface area contributed by atoms with E-state index in [9.17, 15) is 4.39 Å². The third-order valence-electron chi connectivity index (χ3n) is 3.42. The number of piperidine rings is 1. The van der Waals surface area contributed by atoms with Gasteiger partial charge < -0.3 is 10.6 Å². The highest BCUT2D eigenvalue weighted by atomic mass is 19.1. The van der Waals surface area contributed by atoms with E-state index in [1.54, 1.807) is 0 Å². The van der Waals surface area contributed by atoms with Crippen molar-refractivity contribution in [3.05, 3.63) is 35.6 Å². The van der Waals surface area contributed by atoms with Crippen LogP contribution in [0.4, 0.5) is 4.39 Å². The first kappa shape index (κ1) is 11.6. The number of nitrogens with zero attached hydrogens (tertiary/aromatic N) is 1. The number of rotatable bonds is 2. The summed E-state index contributed by atoms with van der Waals surface area (Å²) in [7, 11) is 2.11. The van der Waals surface area contributed by atoms with Gasteiger partial charge in [0.25, 0.3) is 0 Å². The fraction of sp³-hybridized carbons (Fsp3) is 0.538. The molecule has 1 fully saturated rings. The lowest BCUT2D eigenvalue weighted by Crippen LogP contribution is -2.47. The molecule has 88 valence electrons. The quantitative estimate of drug-likeness (QED) is 0.824. The van der Waals surface area contributed by atoms with Crippen LogP contribution in [0.1, 0.15) is 12.0 Å². The summed E-state index contributed by atoms with van der Waals surface area (Å²) in [6, 6.07) is 7.01. The third kappa shape index (κ3) is 2.80. The topological polar surface area (TPSA) is 29.3 Å². The molecule has 1 aliphatic rings. The predicted molar refractivity (Wildman–Crippen MR) is 63.7 cm³/mol. The number of benzene rings is 1. The van der Waals surface area contributed by atoms with E-state index in [-0.39, 0.29) is 11.9 Å². The van der Waals surface area contributed by atoms with Gasteiger partial charge in [0.05, 0.1) is 0 Å². The average molecular weight is 222 g/mol. The Hall–Kier alpha value is -0.930. The number of halogens is 1. The van der Waals surface area contributed by atoms with E-state index in [1.165, 1.54) is 17.7 Å². The average Bonchev–Trinajstić information content (AvgIpc) is 2.25. The first-order valence-corrected chi connectivity index (χ1v) is 5.83. The Bertz CT molecular complexity index is 336. The van der Waals surface area contributed by atoms with Crippen molar-refractivity contribution in [1.82, 2.24) is 4.90 Å². The molecule has 1 aliphatic heterocycles. The number of likely N-dealkylation sites (tertiary alicyclic amines) is 1. The predicted octanol–water partition coefficient (Wildman–Crippen LogP) is 1.65. The summed E-state index contributed by atoms with van der Waals surface area (Å²) in [4.78, 5) is 2.27. The number of hydrogen-bond acceptors (Lipinski definition) is 2. The molecular formula is C13H19FN2. The summed E-state index contributed by atoms with van der Waals surface area (Å²) in [6.07, 6.45) is 2.10. The van der Waals surface area contributed by atoms with Crippen LogP contribution < -0.4 is 5.73 Å². The SMILES string of the molecule is CN1CCC(Cc2ccc(F)cc2)C(N)C1. The zero-order valence-electron chi connectivity index (χ0n) is 9.70. The molecule has 0 spiro atoms. The first-order valence-electron chi connectivity index (χ1n) is 5.83. The normalized spacial score (nSPS) is 26.9. The maximum absolute atomic E-state index is 12.8. The van der Waals surface area contributed by atoms with Crippen molar-refractivity contribution >= 4 is 0 Å². The lowest BCUT2D eigenvalue weighted by atomic mass is 9.87. The summed E-state index contributed by atoms with van der Waals surface area (Å²) in [5.41, 5.74) is 7.32. The number of likely N-dealkylation sites (N-methyl/N-ethyl adjacent to an activating group) is 1. The summed E-state index contributed by atoms with van der Waals surface area (Å²) >= 11 is 0. The first-order chi connectivity index (χ1) is 7.65. The van der Waals surface area contributed by atoms with Crippen LogP contribution in [0.25, 0.3) is 0 Å². The van der Waals surface area contributed by atoms with Gasteiger partial charge in [-0.05, 0) is 50.0 Å². The maximum atomic E-state index is 12.8. The zero-order chi connectivity index (χ0) is 11.5. The molecule has 0 amide bonds. The molecule has 2 nitrogen and oxygen atoms in total. The highest BCUT2D eigenvalue weighted by molar-refractivity contribution is 5.17. The fourth-order valence-electron chi connectivity index (χ4n) is 2.38. The molecule has 0 saturated carbocycles. The van der Waals surface area contributed by atoms with Crippen LogP contribution in [0, 0.1) is 11.7 Å². The van der Waals surface area contributed by atoms with E-state index in [4.69, 9.17) is 5.73 Å². The summed E-state index contributed by atoms with van der Waals surface area (Å²) < 4.78 is 12.8. The van der Waals surface area contributed by atoms with Crippen LogP contribution >= 0.6 is 0 Å². The zero-order valence-corrected chi connectivity index (χ0v) is 9.70. The van der Waals surface area contributed by atoms with Crippen LogP contribution in [0.3, 0.4) is 0 Å². The molecule has 1 saturated heterocycles. The van der Waals surface area contributed by atoms with Crippen molar-refractivity contribution < 1.29 is 4.39 Å². The summed E-state index contributed by atoms with van der Waals surface area (Å²) in [6.45, 7) is 2.07. The Kier molecular flexibility index (Phi) is 3.56. The van der Waals surface area contributed by atoms with Gasteiger partial charge in [0.15, 0.2) is 0 Å². The van der Waals surface area contributed by atoms with Gasteiger partial charge in [-0.1, -0.05) is 12.1 Å². The Balaban J connectivity index is 1.96. The van der Waals surface area contributed by atoms with Crippen LogP contribution in [-0.4, -0.2) is 31.1 Å². The second kappa shape index (κ2) is 4.93. The molecule has 2 rings (SSSR count). The molecule has 1 aromatic rings. The number of hydrogen-bond donors (Lipinski definition) is 1. The van der Waals surface area contributed by atoms with Gasteiger partial charge in [-0.25, -0.2) is 4.39 Å². The minimum Gasteiger partial charge on any atom is -0.326 e. The smallest absolute Gasteiger partial charge is 0.123 e.